The molecule has 172 valence electrons. The number of aromatic nitrogens is 1. The summed E-state index contributed by atoms with van der Waals surface area (Å²) in [5.41, 5.74) is 2.86. The van der Waals surface area contributed by atoms with Gasteiger partial charge in [0.05, 0.1) is 16.2 Å². The number of amides is 2. The Bertz CT molecular complexity index is 940. The second-order valence-corrected chi connectivity index (χ2v) is 11.3. The molecule has 4 rings (SSSR count). The number of urea groups is 1. The highest BCUT2D eigenvalue weighted by molar-refractivity contribution is 8.01. The molecular weight excluding hydrogens is 442 g/mol. The van der Waals surface area contributed by atoms with E-state index in [1.165, 1.54) is 34.2 Å². The number of carboxylic acids is 1. The lowest BCUT2D eigenvalue weighted by Crippen LogP contribution is -2.47. The van der Waals surface area contributed by atoms with Crippen molar-refractivity contribution >= 4 is 40.2 Å². The van der Waals surface area contributed by atoms with E-state index in [-0.39, 0.29) is 17.8 Å². The van der Waals surface area contributed by atoms with Crippen molar-refractivity contribution in [3.8, 4) is 0 Å². The fourth-order valence-corrected chi connectivity index (χ4v) is 6.42. The Hall–Kier alpha value is -2.06. The van der Waals surface area contributed by atoms with Gasteiger partial charge in [-0.25, -0.2) is 9.78 Å². The zero-order valence-electron chi connectivity index (χ0n) is 18.5. The van der Waals surface area contributed by atoms with Gasteiger partial charge in [-0.15, -0.1) is 11.8 Å². The molecule has 32 heavy (non-hydrogen) atoms. The second kappa shape index (κ2) is 10.7. The summed E-state index contributed by atoms with van der Waals surface area (Å²) in [6.07, 6.45) is 9.27. The molecule has 0 aliphatic heterocycles. The van der Waals surface area contributed by atoms with Crippen LogP contribution in [-0.4, -0.2) is 45.3 Å². The van der Waals surface area contributed by atoms with E-state index in [1.807, 2.05) is 0 Å². The number of hydrogen-bond donors (Lipinski definition) is 2. The summed E-state index contributed by atoms with van der Waals surface area (Å²) >= 11 is 2.56. The molecule has 0 bridgehead atoms. The molecule has 1 fully saturated rings. The minimum Gasteiger partial charge on any atom is -0.481 e. The van der Waals surface area contributed by atoms with Gasteiger partial charge in [-0.1, -0.05) is 42.5 Å². The standard InChI is InChI=1S/C24H31N3O3S2/c1-16-6-10-20(11-7-16)27(14-17-8-9-18-4-2-3-5-19(18)12-17)24(30)26-23-25-13-22(32-23)31-15-21(28)29/h2-5,13,16-17,20H,6-12,14-15H2,1H3,(H,28,29)(H,25,26,30). The predicted molar refractivity (Wildman–Crippen MR) is 130 cm³/mol. The molecule has 0 spiro atoms. The number of hydrogen-bond acceptors (Lipinski definition) is 5. The summed E-state index contributed by atoms with van der Waals surface area (Å²) in [4.78, 5) is 30.5. The number of aryl methyl sites for hydroxylation is 1. The number of carbonyl (C=O) groups excluding carboxylic acids is 1. The van der Waals surface area contributed by atoms with E-state index < -0.39 is 5.97 Å². The first kappa shape index (κ1) is 23.1. The lowest BCUT2D eigenvalue weighted by molar-refractivity contribution is -0.133. The Morgan fingerprint density at radius 3 is 2.69 bits per heavy atom. The Kier molecular flexibility index (Phi) is 7.73. The van der Waals surface area contributed by atoms with Crippen LogP contribution >= 0.6 is 23.1 Å². The minimum absolute atomic E-state index is 0.00881. The summed E-state index contributed by atoms with van der Waals surface area (Å²) in [6.45, 7) is 3.07. The zero-order valence-corrected chi connectivity index (χ0v) is 20.1. The van der Waals surface area contributed by atoms with Gasteiger partial charge in [0.15, 0.2) is 5.13 Å². The molecule has 1 unspecified atom stereocenters. The topological polar surface area (TPSA) is 82.5 Å². The Labute approximate surface area is 197 Å². The number of thiazole rings is 1. The maximum absolute atomic E-state index is 13.4. The van der Waals surface area contributed by atoms with Crippen LogP contribution in [0.1, 0.15) is 50.2 Å². The summed E-state index contributed by atoms with van der Waals surface area (Å²) in [5, 5.41) is 12.4. The third-order valence-electron chi connectivity index (χ3n) is 6.63. The van der Waals surface area contributed by atoms with Gasteiger partial charge >= 0.3 is 12.0 Å². The molecule has 2 amide bonds. The molecule has 2 aliphatic carbocycles. The first-order chi connectivity index (χ1) is 15.5. The number of nitrogens with zero attached hydrogens (tertiary/aromatic N) is 2. The number of nitrogens with one attached hydrogen (secondary N) is 1. The van der Waals surface area contributed by atoms with Crippen molar-refractivity contribution in [3.63, 3.8) is 0 Å². The Morgan fingerprint density at radius 1 is 1.19 bits per heavy atom. The quantitative estimate of drug-likeness (QED) is 0.516. The van der Waals surface area contributed by atoms with Gasteiger partial charge in [0.1, 0.15) is 0 Å². The number of carbonyl (C=O) groups is 2. The SMILES string of the molecule is CC1CCC(N(CC2CCc3ccccc3C2)C(=O)Nc2ncc(SCC(=O)O)s2)CC1. The monoisotopic (exact) mass is 473 g/mol. The lowest BCUT2D eigenvalue weighted by Gasteiger charge is -2.39. The molecular formula is C24H31N3O3S2. The number of aliphatic carboxylic acids is 1. The summed E-state index contributed by atoms with van der Waals surface area (Å²) in [6, 6.07) is 8.85. The maximum Gasteiger partial charge on any atom is 0.323 e. The summed E-state index contributed by atoms with van der Waals surface area (Å²) in [7, 11) is 0. The largest absolute Gasteiger partial charge is 0.481 e. The number of fused-ring (bicyclic) bond motifs is 1. The van der Waals surface area contributed by atoms with Crippen LogP contribution in [0.25, 0.3) is 0 Å². The molecule has 2 N–H and O–H groups in total. The molecule has 2 aliphatic rings. The van der Waals surface area contributed by atoms with Crippen molar-refractivity contribution in [1.82, 2.24) is 9.88 Å². The number of carboxylic acid groups (broad SMARTS) is 1. The fraction of sp³-hybridized carbons (Fsp3) is 0.542. The number of benzene rings is 1. The van der Waals surface area contributed by atoms with E-state index in [0.29, 0.717) is 11.0 Å². The molecule has 1 heterocycles. The van der Waals surface area contributed by atoms with Gasteiger partial charge in [-0.2, -0.15) is 0 Å². The zero-order chi connectivity index (χ0) is 22.5. The lowest BCUT2D eigenvalue weighted by atomic mass is 9.82. The van der Waals surface area contributed by atoms with Gasteiger partial charge in [0, 0.05) is 12.6 Å². The van der Waals surface area contributed by atoms with Gasteiger partial charge < -0.3 is 10.0 Å². The van der Waals surface area contributed by atoms with Crippen molar-refractivity contribution in [3.05, 3.63) is 41.6 Å². The smallest absolute Gasteiger partial charge is 0.323 e. The number of thioether (sulfide) groups is 1. The van der Waals surface area contributed by atoms with Crippen LogP contribution in [-0.2, 0) is 17.6 Å². The molecule has 8 heteroatoms. The van der Waals surface area contributed by atoms with E-state index in [9.17, 15) is 9.59 Å². The molecule has 1 aromatic heterocycles. The Balaban J connectivity index is 1.43. The van der Waals surface area contributed by atoms with E-state index >= 15 is 0 Å². The van der Waals surface area contributed by atoms with Crippen LogP contribution in [0, 0.1) is 11.8 Å². The van der Waals surface area contributed by atoms with Gasteiger partial charge in [-0.3, -0.25) is 10.1 Å². The van der Waals surface area contributed by atoms with Crippen molar-refractivity contribution in [2.45, 2.75) is 62.1 Å². The van der Waals surface area contributed by atoms with Crippen LogP contribution in [0.4, 0.5) is 9.93 Å². The highest BCUT2D eigenvalue weighted by Crippen LogP contribution is 2.32. The number of anilines is 1. The normalized spacial score (nSPS) is 22.7. The number of rotatable bonds is 7. The van der Waals surface area contributed by atoms with Gasteiger partial charge in [0.25, 0.3) is 0 Å². The van der Waals surface area contributed by atoms with Crippen LogP contribution in [0.5, 0.6) is 0 Å². The van der Waals surface area contributed by atoms with E-state index in [4.69, 9.17) is 5.11 Å². The fourth-order valence-electron chi connectivity index (χ4n) is 4.84. The first-order valence-corrected chi connectivity index (χ1v) is 13.2. The van der Waals surface area contributed by atoms with E-state index in [2.05, 4.69) is 46.4 Å². The minimum atomic E-state index is -0.860. The maximum atomic E-state index is 13.4. The molecule has 1 atom stereocenters. The third-order valence-corrected chi connectivity index (χ3v) is 8.72. The molecule has 1 saturated carbocycles. The van der Waals surface area contributed by atoms with Crippen LogP contribution in [0.15, 0.2) is 34.7 Å². The Morgan fingerprint density at radius 2 is 1.94 bits per heavy atom. The van der Waals surface area contributed by atoms with Crippen LogP contribution in [0.3, 0.4) is 0 Å². The van der Waals surface area contributed by atoms with E-state index in [1.54, 1.807) is 6.20 Å². The molecule has 1 aromatic carbocycles. The third kappa shape index (κ3) is 6.04. The molecule has 2 aromatic rings. The molecule has 0 radical (unpaired) electrons. The predicted octanol–water partition coefficient (Wildman–Crippen LogP) is 5.54. The first-order valence-electron chi connectivity index (χ1n) is 11.4. The molecule has 0 saturated heterocycles. The average Bonchev–Trinajstić information content (AvgIpc) is 3.24. The van der Waals surface area contributed by atoms with Crippen molar-refractivity contribution < 1.29 is 14.7 Å². The van der Waals surface area contributed by atoms with Crippen molar-refractivity contribution in [1.29, 1.82) is 0 Å². The van der Waals surface area contributed by atoms with Gasteiger partial charge in [0.2, 0.25) is 0 Å². The highest BCUT2D eigenvalue weighted by atomic mass is 32.2. The highest BCUT2D eigenvalue weighted by Gasteiger charge is 2.31. The van der Waals surface area contributed by atoms with E-state index in [0.717, 1.165) is 61.6 Å². The van der Waals surface area contributed by atoms with Crippen LogP contribution < -0.4 is 5.32 Å². The molecule has 6 nitrogen and oxygen atoms in total. The average molecular weight is 474 g/mol. The van der Waals surface area contributed by atoms with Gasteiger partial charge in [-0.05, 0) is 67.9 Å². The summed E-state index contributed by atoms with van der Waals surface area (Å²) in [5.74, 6) is 0.324. The van der Waals surface area contributed by atoms with Crippen LogP contribution in [0.2, 0.25) is 0 Å². The van der Waals surface area contributed by atoms with Crippen molar-refractivity contribution in [2.24, 2.45) is 11.8 Å². The second-order valence-electron chi connectivity index (χ2n) is 9.04. The summed E-state index contributed by atoms with van der Waals surface area (Å²) < 4.78 is 0.796. The van der Waals surface area contributed by atoms with Crippen molar-refractivity contribution in [2.75, 3.05) is 17.6 Å².